The van der Waals surface area contributed by atoms with Gasteiger partial charge in [0.15, 0.2) is 4.80 Å². The summed E-state index contributed by atoms with van der Waals surface area (Å²) in [7, 11) is 0. The average Bonchev–Trinajstić information content (AvgIpc) is 3.75. The summed E-state index contributed by atoms with van der Waals surface area (Å²) < 4.78 is 8.90. The van der Waals surface area contributed by atoms with Crippen molar-refractivity contribution in [2.45, 2.75) is 26.5 Å². The molecule has 3 aromatic carbocycles. The predicted octanol–water partition coefficient (Wildman–Crippen LogP) is 3.11. The van der Waals surface area contributed by atoms with Gasteiger partial charge in [0.05, 0.1) is 51.5 Å². The first kappa shape index (κ1) is 29.9. The Hall–Kier alpha value is -5.79. The Balaban J connectivity index is 1.12. The molecule has 0 fully saturated rings. The molecule has 1 atom stereocenters. The SMILES string of the molecule is CCOC(=O)C1=C(C)N=c2s/c(=C\c3ccc(-n4cc(CON5C(=O)c6ccccc6C5=O)nn4)cc3)c(=O)n2C1c1ccccc1. The van der Waals surface area contributed by atoms with Crippen molar-refractivity contribution in [2.24, 2.45) is 4.99 Å². The van der Waals surface area contributed by atoms with E-state index >= 15 is 0 Å². The Bertz CT molecular complexity index is 2230. The molecule has 0 saturated carbocycles. The van der Waals surface area contributed by atoms with E-state index in [4.69, 9.17) is 9.57 Å². The van der Waals surface area contributed by atoms with E-state index in [0.29, 0.717) is 43.1 Å². The molecule has 4 heterocycles. The highest BCUT2D eigenvalue weighted by molar-refractivity contribution is 7.07. The molecule has 0 spiro atoms. The lowest BCUT2D eigenvalue weighted by Crippen LogP contribution is -2.39. The zero-order valence-corrected chi connectivity index (χ0v) is 26.0. The number of hydroxylamine groups is 2. The predicted molar refractivity (Wildman–Crippen MR) is 170 cm³/mol. The van der Waals surface area contributed by atoms with Crippen molar-refractivity contribution in [2.75, 3.05) is 6.61 Å². The standard InChI is InChI=1S/C34H26N6O6S/c1-3-45-33(44)28-20(2)35-34-39(29(28)22-9-5-4-6-10-22)32(43)27(47-34)17-21-13-15-24(16-14-21)38-18-23(36-37-38)19-46-40-30(41)25-11-7-8-12-26(25)31(40)42/h4-18,29H,3,19H2,1-2H3/b27-17-. The van der Waals surface area contributed by atoms with Gasteiger partial charge in [-0.1, -0.05) is 71.1 Å². The van der Waals surface area contributed by atoms with Crippen LogP contribution in [0.5, 0.6) is 0 Å². The van der Waals surface area contributed by atoms with Crippen molar-refractivity contribution in [3.63, 3.8) is 0 Å². The molecule has 5 aromatic rings. The molecular formula is C34H26N6O6S. The Morgan fingerprint density at radius 3 is 2.30 bits per heavy atom. The largest absolute Gasteiger partial charge is 0.463 e. The molecule has 12 nitrogen and oxygen atoms in total. The maximum Gasteiger partial charge on any atom is 0.338 e. The molecule has 234 valence electrons. The highest BCUT2D eigenvalue weighted by atomic mass is 32.1. The zero-order valence-electron chi connectivity index (χ0n) is 25.2. The number of hydrogen-bond donors (Lipinski definition) is 0. The van der Waals surface area contributed by atoms with Crippen LogP contribution in [0.2, 0.25) is 0 Å². The number of amides is 2. The highest BCUT2D eigenvalue weighted by Gasteiger charge is 2.37. The van der Waals surface area contributed by atoms with Crippen molar-refractivity contribution in [3.05, 3.63) is 144 Å². The number of ether oxygens (including phenoxy) is 1. The van der Waals surface area contributed by atoms with Crippen molar-refractivity contribution in [1.82, 2.24) is 24.6 Å². The van der Waals surface area contributed by atoms with Gasteiger partial charge in [0.2, 0.25) is 0 Å². The highest BCUT2D eigenvalue weighted by Crippen LogP contribution is 2.30. The molecule has 1 unspecified atom stereocenters. The second-order valence-corrected chi connectivity index (χ2v) is 11.7. The van der Waals surface area contributed by atoms with E-state index in [1.165, 1.54) is 16.0 Å². The molecule has 0 saturated heterocycles. The number of hydrogen-bond acceptors (Lipinski definition) is 10. The van der Waals surface area contributed by atoms with E-state index in [2.05, 4.69) is 15.3 Å². The molecule has 2 aromatic heterocycles. The van der Waals surface area contributed by atoms with E-state index in [0.717, 1.165) is 16.2 Å². The molecule has 0 aliphatic carbocycles. The monoisotopic (exact) mass is 646 g/mol. The number of imide groups is 1. The molecule has 0 bridgehead atoms. The lowest BCUT2D eigenvalue weighted by molar-refractivity contribution is -0.139. The Morgan fingerprint density at radius 1 is 0.936 bits per heavy atom. The zero-order chi connectivity index (χ0) is 32.7. The third-order valence-electron chi connectivity index (χ3n) is 7.73. The number of carbonyl (C=O) groups excluding carboxylic acids is 3. The Labute approximate surface area is 271 Å². The van der Waals surface area contributed by atoms with E-state index in [1.807, 2.05) is 54.6 Å². The third-order valence-corrected chi connectivity index (χ3v) is 8.71. The van der Waals surface area contributed by atoms with Crippen LogP contribution in [-0.2, 0) is 21.0 Å². The third kappa shape index (κ3) is 5.41. The quantitative estimate of drug-likeness (QED) is 0.185. The van der Waals surface area contributed by atoms with Crippen LogP contribution in [0.25, 0.3) is 11.8 Å². The molecule has 2 amide bonds. The number of thiazole rings is 1. The summed E-state index contributed by atoms with van der Waals surface area (Å²) in [5.74, 6) is -1.55. The van der Waals surface area contributed by atoms with Crippen LogP contribution < -0.4 is 14.9 Å². The van der Waals surface area contributed by atoms with Crippen molar-refractivity contribution in [3.8, 4) is 5.69 Å². The smallest absolute Gasteiger partial charge is 0.338 e. The maximum atomic E-state index is 13.8. The van der Waals surface area contributed by atoms with Gasteiger partial charge in [-0.15, -0.1) is 10.2 Å². The lowest BCUT2D eigenvalue weighted by atomic mass is 9.96. The minimum Gasteiger partial charge on any atom is -0.463 e. The van der Waals surface area contributed by atoms with Gasteiger partial charge in [-0.2, -0.15) is 0 Å². The van der Waals surface area contributed by atoms with Gasteiger partial charge in [-0.05, 0) is 55.3 Å². The minimum atomic E-state index is -0.668. The Morgan fingerprint density at radius 2 is 1.62 bits per heavy atom. The van der Waals surface area contributed by atoms with Crippen LogP contribution in [0.4, 0.5) is 0 Å². The van der Waals surface area contributed by atoms with Crippen LogP contribution in [0.1, 0.15) is 57.4 Å². The van der Waals surface area contributed by atoms with Gasteiger partial charge < -0.3 is 4.74 Å². The molecule has 47 heavy (non-hydrogen) atoms. The summed E-state index contributed by atoms with van der Waals surface area (Å²) in [4.78, 5) is 62.5. The van der Waals surface area contributed by atoms with Gasteiger partial charge in [-0.3, -0.25) is 23.8 Å². The van der Waals surface area contributed by atoms with E-state index in [1.54, 1.807) is 55.0 Å². The number of allylic oxidation sites excluding steroid dienone is 1. The first-order valence-electron chi connectivity index (χ1n) is 14.7. The topological polar surface area (TPSA) is 138 Å². The molecule has 2 aliphatic rings. The number of fused-ring (bicyclic) bond motifs is 2. The van der Waals surface area contributed by atoms with Crippen LogP contribution in [-0.4, -0.2) is 49.0 Å². The average molecular weight is 647 g/mol. The first-order chi connectivity index (χ1) is 22.8. The second-order valence-electron chi connectivity index (χ2n) is 10.7. The number of aromatic nitrogens is 4. The maximum absolute atomic E-state index is 13.8. The van der Waals surface area contributed by atoms with Gasteiger partial charge in [0.1, 0.15) is 12.3 Å². The van der Waals surface area contributed by atoms with Crippen molar-refractivity contribution < 1.29 is 24.0 Å². The molecule has 2 aliphatic heterocycles. The summed E-state index contributed by atoms with van der Waals surface area (Å²) in [6.45, 7) is 3.57. The first-order valence-corrected chi connectivity index (χ1v) is 15.5. The summed E-state index contributed by atoms with van der Waals surface area (Å²) in [5.41, 5.74) is 3.83. The summed E-state index contributed by atoms with van der Waals surface area (Å²) >= 11 is 1.25. The van der Waals surface area contributed by atoms with Crippen molar-refractivity contribution in [1.29, 1.82) is 0 Å². The molecule has 0 radical (unpaired) electrons. The second kappa shape index (κ2) is 12.2. The van der Waals surface area contributed by atoms with Gasteiger partial charge in [0.25, 0.3) is 17.4 Å². The minimum absolute atomic E-state index is 0.133. The summed E-state index contributed by atoms with van der Waals surface area (Å²) in [5, 5.41) is 8.98. The van der Waals surface area contributed by atoms with E-state index in [9.17, 15) is 19.2 Å². The molecule has 0 N–H and O–H groups in total. The van der Waals surface area contributed by atoms with E-state index < -0.39 is 23.8 Å². The molecular weight excluding hydrogens is 620 g/mol. The van der Waals surface area contributed by atoms with Gasteiger partial charge >= 0.3 is 5.97 Å². The fourth-order valence-corrected chi connectivity index (χ4v) is 6.57. The van der Waals surface area contributed by atoms with Crippen LogP contribution in [0.15, 0.2) is 106 Å². The number of rotatable bonds is 8. The lowest BCUT2D eigenvalue weighted by Gasteiger charge is -2.24. The number of benzene rings is 3. The fraction of sp³-hybridized carbons (Fsp3) is 0.147. The van der Waals surface area contributed by atoms with E-state index in [-0.39, 0.29) is 18.8 Å². The number of nitrogens with zero attached hydrogens (tertiary/aromatic N) is 6. The van der Waals surface area contributed by atoms with Crippen LogP contribution >= 0.6 is 11.3 Å². The number of esters is 1. The number of carbonyl (C=O) groups is 3. The van der Waals surface area contributed by atoms with Gasteiger partial charge in [-0.25, -0.2) is 14.5 Å². The summed E-state index contributed by atoms with van der Waals surface area (Å²) in [6.07, 6.45) is 3.42. The molecule has 13 heteroatoms. The molecule has 7 rings (SSSR count). The van der Waals surface area contributed by atoms with Crippen molar-refractivity contribution >= 4 is 35.2 Å². The summed E-state index contributed by atoms with van der Waals surface area (Å²) in [6, 6.07) is 22.6. The Kier molecular flexibility index (Phi) is 7.75. The normalized spacial score (nSPS) is 15.9. The fourth-order valence-electron chi connectivity index (χ4n) is 5.52. The van der Waals surface area contributed by atoms with Crippen LogP contribution in [0.3, 0.4) is 0 Å². The van der Waals surface area contributed by atoms with Crippen LogP contribution in [0, 0.1) is 0 Å². The van der Waals surface area contributed by atoms with Gasteiger partial charge in [0, 0.05) is 0 Å².